The first-order valence-electron chi connectivity index (χ1n) is 9.77. The van der Waals surface area contributed by atoms with Gasteiger partial charge in [0.2, 0.25) is 5.91 Å². The SMILES string of the molecule is CCCCCC(=O)C=C[C@H]1CCCC(=O)N1CCCCCCC(=O)O.[NaH]. The van der Waals surface area contributed by atoms with E-state index < -0.39 is 5.97 Å². The third-order valence-corrected chi connectivity index (χ3v) is 4.68. The molecule has 1 N–H and O–H groups in total. The summed E-state index contributed by atoms with van der Waals surface area (Å²) in [7, 11) is 0. The molecule has 0 aliphatic carbocycles. The van der Waals surface area contributed by atoms with Crippen LogP contribution in [0.25, 0.3) is 0 Å². The van der Waals surface area contributed by atoms with E-state index in [2.05, 4.69) is 6.92 Å². The summed E-state index contributed by atoms with van der Waals surface area (Å²) in [5, 5.41) is 8.63. The normalized spacial score (nSPS) is 17.3. The van der Waals surface area contributed by atoms with Crippen molar-refractivity contribution in [3.63, 3.8) is 0 Å². The third-order valence-electron chi connectivity index (χ3n) is 4.68. The number of nitrogens with zero attached hydrogens (tertiary/aromatic N) is 1. The molecule has 1 amide bonds. The number of carbonyl (C=O) groups excluding carboxylic acids is 2. The number of hydrogen-bond acceptors (Lipinski definition) is 3. The van der Waals surface area contributed by atoms with Crippen molar-refractivity contribution in [2.24, 2.45) is 0 Å². The molecule has 1 rings (SSSR count). The van der Waals surface area contributed by atoms with E-state index in [9.17, 15) is 14.4 Å². The van der Waals surface area contributed by atoms with Gasteiger partial charge in [0.1, 0.15) is 0 Å². The Balaban J connectivity index is 0.00000625. The molecular weight excluding hydrogens is 341 g/mol. The van der Waals surface area contributed by atoms with Crippen molar-refractivity contribution in [2.75, 3.05) is 6.54 Å². The fraction of sp³-hybridized carbons (Fsp3) is 0.750. The van der Waals surface area contributed by atoms with Gasteiger partial charge < -0.3 is 10.0 Å². The molecule has 0 aromatic heterocycles. The fourth-order valence-electron chi connectivity index (χ4n) is 3.20. The predicted octanol–water partition coefficient (Wildman–Crippen LogP) is 3.46. The van der Waals surface area contributed by atoms with Gasteiger partial charge in [0.15, 0.2) is 5.78 Å². The van der Waals surface area contributed by atoms with Gasteiger partial charge in [0.25, 0.3) is 0 Å². The summed E-state index contributed by atoms with van der Waals surface area (Å²) in [6, 6.07) is 0.0374. The number of aliphatic carboxylic acids is 1. The summed E-state index contributed by atoms with van der Waals surface area (Å²) in [5.41, 5.74) is 0. The maximum atomic E-state index is 12.2. The van der Waals surface area contributed by atoms with Crippen LogP contribution < -0.4 is 0 Å². The second-order valence-electron chi connectivity index (χ2n) is 6.89. The van der Waals surface area contributed by atoms with Crippen LogP contribution in [0, 0.1) is 0 Å². The van der Waals surface area contributed by atoms with Crippen molar-refractivity contribution in [3.05, 3.63) is 12.2 Å². The van der Waals surface area contributed by atoms with Crippen LogP contribution in [0.15, 0.2) is 12.2 Å². The molecule has 1 aliphatic rings. The molecule has 144 valence electrons. The molecule has 1 aliphatic heterocycles. The first-order chi connectivity index (χ1) is 12.0. The Kier molecular flexibility index (Phi) is 15.0. The summed E-state index contributed by atoms with van der Waals surface area (Å²) in [6.07, 6.45) is 13.3. The van der Waals surface area contributed by atoms with Crippen LogP contribution in [0.2, 0.25) is 0 Å². The number of carboxylic acid groups (broad SMARTS) is 1. The van der Waals surface area contributed by atoms with Crippen LogP contribution in [-0.2, 0) is 14.4 Å². The minimum atomic E-state index is -0.750. The summed E-state index contributed by atoms with van der Waals surface area (Å²) in [4.78, 5) is 36.5. The Hall–Kier alpha value is -0.650. The van der Waals surface area contributed by atoms with E-state index in [4.69, 9.17) is 5.11 Å². The number of likely N-dealkylation sites (tertiary alicyclic amines) is 1. The van der Waals surface area contributed by atoms with E-state index in [0.29, 0.717) is 25.8 Å². The summed E-state index contributed by atoms with van der Waals surface area (Å²) in [6.45, 7) is 2.82. The topological polar surface area (TPSA) is 74.7 Å². The monoisotopic (exact) mass is 375 g/mol. The molecule has 6 heteroatoms. The van der Waals surface area contributed by atoms with E-state index in [-0.39, 0.29) is 53.7 Å². The van der Waals surface area contributed by atoms with Gasteiger partial charge in [-0.25, -0.2) is 0 Å². The van der Waals surface area contributed by atoms with E-state index >= 15 is 0 Å². The van der Waals surface area contributed by atoms with Crippen LogP contribution in [0.4, 0.5) is 0 Å². The van der Waals surface area contributed by atoms with Crippen LogP contribution in [-0.4, -0.2) is 69.8 Å². The van der Waals surface area contributed by atoms with Gasteiger partial charge in [-0.3, -0.25) is 14.4 Å². The number of unbranched alkanes of at least 4 members (excludes halogenated alkanes) is 5. The van der Waals surface area contributed by atoms with Crippen LogP contribution >= 0.6 is 0 Å². The van der Waals surface area contributed by atoms with Crippen molar-refractivity contribution < 1.29 is 19.5 Å². The zero-order valence-electron chi connectivity index (χ0n) is 15.5. The number of allylic oxidation sites excluding steroid dienone is 1. The zero-order valence-corrected chi connectivity index (χ0v) is 15.5. The van der Waals surface area contributed by atoms with Gasteiger partial charge in [-0.15, -0.1) is 0 Å². The molecule has 1 heterocycles. The van der Waals surface area contributed by atoms with E-state index in [0.717, 1.165) is 51.4 Å². The van der Waals surface area contributed by atoms with Gasteiger partial charge in [-0.2, -0.15) is 0 Å². The first kappa shape index (κ1) is 25.4. The van der Waals surface area contributed by atoms with Gasteiger partial charge in [-0.1, -0.05) is 38.7 Å². The van der Waals surface area contributed by atoms with Crippen molar-refractivity contribution in [1.82, 2.24) is 4.90 Å². The van der Waals surface area contributed by atoms with Crippen LogP contribution in [0.1, 0.15) is 84.0 Å². The first-order valence-corrected chi connectivity index (χ1v) is 9.77. The summed E-state index contributed by atoms with van der Waals surface area (Å²) >= 11 is 0. The standard InChI is InChI=1S/C20H33NO4.Na.H/c1-2-3-6-11-18(22)15-14-17-10-9-12-19(23)21(17)16-8-5-4-7-13-20(24)25;;/h14-15,17H,2-13,16H2,1H3,(H,24,25);;/t17-;;/m1../s1. The van der Waals surface area contributed by atoms with Gasteiger partial charge >= 0.3 is 35.5 Å². The van der Waals surface area contributed by atoms with Crippen LogP contribution in [0.5, 0.6) is 0 Å². The molecule has 1 atom stereocenters. The van der Waals surface area contributed by atoms with Crippen molar-refractivity contribution in [3.8, 4) is 0 Å². The molecule has 0 aromatic carbocycles. The molecule has 0 radical (unpaired) electrons. The molecule has 0 saturated carbocycles. The average molecular weight is 375 g/mol. The molecule has 5 nitrogen and oxygen atoms in total. The number of amides is 1. The number of piperidine rings is 1. The number of hydrogen-bond donors (Lipinski definition) is 1. The molecule has 26 heavy (non-hydrogen) atoms. The number of carbonyl (C=O) groups is 3. The Labute approximate surface area is 179 Å². The molecule has 0 spiro atoms. The van der Waals surface area contributed by atoms with Gasteiger partial charge in [-0.05, 0) is 38.2 Å². The Morgan fingerprint density at radius 2 is 1.81 bits per heavy atom. The van der Waals surface area contributed by atoms with Crippen molar-refractivity contribution in [2.45, 2.75) is 90.0 Å². The van der Waals surface area contributed by atoms with Crippen LogP contribution in [0.3, 0.4) is 0 Å². The van der Waals surface area contributed by atoms with Crippen molar-refractivity contribution in [1.29, 1.82) is 0 Å². The molecule has 0 bridgehead atoms. The second-order valence-corrected chi connectivity index (χ2v) is 6.89. The van der Waals surface area contributed by atoms with Gasteiger partial charge in [0.05, 0.1) is 6.04 Å². The molecule has 1 saturated heterocycles. The fourth-order valence-corrected chi connectivity index (χ4v) is 3.20. The number of ketones is 1. The average Bonchev–Trinajstić information content (AvgIpc) is 2.57. The van der Waals surface area contributed by atoms with Crippen molar-refractivity contribution >= 4 is 47.2 Å². The molecular formula is C20H34NNaO4. The summed E-state index contributed by atoms with van der Waals surface area (Å²) in [5.74, 6) is -0.426. The molecule has 1 fully saturated rings. The van der Waals surface area contributed by atoms with E-state index in [1.165, 1.54) is 0 Å². The molecule has 0 aromatic rings. The predicted molar refractivity (Wildman–Crippen MR) is 106 cm³/mol. The Morgan fingerprint density at radius 3 is 2.50 bits per heavy atom. The Bertz CT molecular complexity index is 465. The number of carboxylic acids is 1. The Morgan fingerprint density at radius 1 is 1.12 bits per heavy atom. The third kappa shape index (κ3) is 11.1. The van der Waals surface area contributed by atoms with E-state index in [1.54, 1.807) is 6.08 Å². The number of rotatable bonds is 13. The molecule has 0 unspecified atom stereocenters. The van der Waals surface area contributed by atoms with E-state index in [1.807, 2.05) is 11.0 Å². The zero-order chi connectivity index (χ0) is 18.5. The maximum absolute atomic E-state index is 12.2. The quantitative estimate of drug-likeness (QED) is 0.304. The second kappa shape index (κ2) is 15.4. The minimum absolute atomic E-state index is 0. The summed E-state index contributed by atoms with van der Waals surface area (Å²) < 4.78 is 0. The van der Waals surface area contributed by atoms with Gasteiger partial charge in [0, 0.05) is 25.8 Å².